The number of carboxylic acid groups (broad SMARTS) is 1. The maximum Gasteiger partial charge on any atom is 0.306 e. The molecule has 3 aliphatic carbocycles. The Morgan fingerprint density at radius 1 is 1.23 bits per heavy atom. The number of anilines is 1. The first-order chi connectivity index (χ1) is 18.8. The molecule has 0 unspecified atom stereocenters. The predicted octanol–water partition coefficient (Wildman–Crippen LogP) is 4.39. The Kier molecular flexibility index (Phi) is 5.62. The number of carbonyl (C=O) groups is 2. The maximum atomic E-state index is 12.7. The van der Waals surface area contributed by atoms with Gasteiger partial charge in [-0.3, -0.25) is 9.59 Å². The van der Waals surface area contributed by atoms with Gasteiger partial charge < -0.3 is 25.2 Å². The van der Waals surface area contributed by atoms with E-state index in [4.69, 9.17) is 21.1 Å². The van der Waals surface area contributed by atoms with Gasteiger partial charge in [0.1, 0.15) is 4.88 Å². The summed E-state index contributed by atoms with van der Waals surface area (Å²) in [5, 5.41) is 16.7. The number of halogens is 1. The predicted molar refractivity (Wildman–Crippen MR) is 143 cm³/mol. The highest BCUT2D eigenvalue weighted by Crippen LogP contribution is 2.58. The molecule has 4 aromatic rings. The molecule has 4 aliphatic rings. The average Bonchev–Trinajstić information content (AvgIpc) is 3.54. The zero-order chi connectivity index (χ0) is 26.9. The van der Waals surface area contributed by atoms with Gasteiger partial charge in [-0.2, -0.15) is 4.98 Å². The lowest BCUT2D eigenvalue weighted by Crippen LogP contribution is -2.38. The summed E-state index contributed by atoms with van der Waals surface area (Å²) in [7, 11) is 0. The zero-order valence-electron chi connectivity index (χ0n) is 20.7. The van der Waals surface area contributed by atoms with Crippen molar-refractivity contribution < 1.29 is 24.2 Å². The Morgan fingerprint density at radius 2 is 2.08 bits per heavy atom. The number of carbonyl (C=O) groups excluding carboxylic acids is 1. The van der Waals surface area contributed by atoms with Gasteiger partial charge in [0.25, 0.3) is 5.91 Å². The monoisotopic (exact) mass is 566 g/mol. The normalized spacial score (nSPS) is 25.5. The number of aromatic nitrogens is 4. The third-order valence-electron chi connectivity index (χ3n) is 7.79. The molecule has 3 aromatic heterocycles. The molecular weight excluding hydrogens is 544 g/mol. The molecule has 1 aromatic carbocycles. The molecule has 3 N–H and O–H groups in total. The van der Waals surface area contributed by atoms with Crippen LogP contribution in [-0.4, -0.2) is 55.1 Å². The molecule has 1 aliphatic heterocycles. The van der Waals surface area contributed by atoms with Crippen molar-refractivity contribution in [2.75, 3.05) is 11.9 Å². The van der Waals surface area contributed by atoms with E-state index in [0.717, 1.165) is 28.6 Å². The number of aliphatic carboxylic acids is 1. The number of thiophene rings is 1. The molecule has 3 saturated carbocycles. The Balaban J connectivity index is 1.17. The highest BCUT2D eigenvalue weighted by molar-refractivity contribution is 7.21. The van der Waals surface area contributed by atoms with Crippen molar-refractivity contribution in [1.82, 2.24) is 25.3 Å². The molecule has 0 spiro atoms. The summed E-state index contributed by atoms with van der Waals surface area (Å²) in [5.41, 5.74) is 2.16. The smallest absolute Gasteiger partial charge is 0.306 e. The van der Waals surface area contributed by atoms with Crippen LogP contribution in [0.15, 0.2) is 24.5 Å². The first-order valence-electron chi connectivity index (χ1n) is 12.6. The van der Waals surface area contributed by atoms with Crippen LogP contribution in [0, 0.1) is 11.8 Å². The van der Waals surface area contributed by atoms with Gasteiger partial charge in [-0.05, 0) is 55.8 Å². The van der Waals surface area contributed by atoms with Gasteiger partial charge in [0, 0.05) is 28.9 Å². The van der Waals surface area contributed by atoms with Crippen LogP contribution < -0.4 is 15.4 Å². The second-order valence-electron chi connectivity index (χ2n) is 10.4. The molecule has 13 heteroatoms. The minimum absolute atomic E-state index is 0.00339. The van der Waals surface area contributed by atoms with E-state index in [2.05, 4.69) is 30.6 Å². The lowest BCUT2D eigenvalue weighted by atomic mass is 9.78. The van der Waals surface area contributed by atoms with Gasteiger partial charge in [-0.25, -0.2) is 15.0 Å². The number of carboxylic acids is 1. The summed E-state index contributed by atoms with van der Waals surface area (Å²) < 4.78 is 13.1. The number of fused-ring (bicyclic) bond motifs is 6. The number of hydrogen-bond donors (Lipinski definition) is 3. The molecule has 0 saturated heterocycles. The standard InChI is InChI=1S/C26H23ClN6O5S/c1-11-7-28-20-18-16(39-21(20)22(34)31-11)3-2-15-19(18)29-9-17(32-15)38-23-13(8-30-25(27)33-23)10-37-26-4-12(5-26)14(6-26)24(35)36/h2-3,8-9,11-12,14,28H,4-7,10H2,1H3,(H,31,34)(H,35,36)/t11-,12?,14+,26?/m1/s1. The molecule has 2 atom stereocenters. The van der Waals surface area contributed by atoms with E-state index in [0.29, 0.717) is 34.4 Å². The second kappa shape index (κ2) is 8.97. The van der Waals surface area contributed by atoms with Crippen LogP contribution in [-0.2, 0) is 16.1 Å². The van der Waals surface area contributed by atoms with Gasteiger partial charge in [0.15, 0.2) is 0 Å². The quantitative estimate of drug-likeness (QED) is 0.287. The number of hydrogen-bond acceptors (Lipinski definition) is 10. The molecule has 4 heterocycles. The number of rotatable bonds is 6. The van der Waals surface area contributed by atoms with E-state index in [9.17, 15) is 14.7 Å². The molecule has 3 fully saturated rings. The van der Waals surface area contributed by atoms with Gasteiger partial charge in [0.05, 0.1) is 46.6 Å². The zero-order valence-corrected chi connectivity index (χ0v) is 22.3. The molecule has 39 heavy (non-hydrogen) atoms. The summed E-state index contributed by atoms with van der Waals surface area (Å²) >= 11 is 7.48. The van der Waals surface area contributed by atoms with Gasteiger partial charge >= 0.3 is 5.97 Å². The van der Waals surface area contributed by atoms with Crippen LogP contribution in [0.5, 0.6) is 11.8 Å². The highest BCUT2D eigenvalue weighted by Gasteiger charge is 2.59. The third-order valence-corrected chi connectivity index (χ3v) is 9.12. The van der Waals surface area contributed by atoms with Crippen molar-refractivity contribution in [2.45, 2.75) is 44.4 Å². The summed E-state index contributed by atoms with van der Waals surface area (Å²) in [4.78, 5) is 42.4. The van der Waals surface area contributed by atoms with Crippen molar-refractivity contribution in [3.05, 3.63) is 40.3 Å². The lowest BCUT2D eigenvalue weighted by molar-refractivity contribution is -0.142. The van der Waals surface area contributed by atoms with E-state index in [-0.39, 0.29) is 47.4 Å². The summed E-state index contributed by atoms with van der Waals surface area (Å²) in [5.74, 6) is -0.638. The number of nitrogens with zero attached hydrogens (tertiary/aromatic N) is 4. The Bertz CT molecular complexity index is 1670. The van der Waals surface area contributed by atoms with Crippen LogP contribution in [0.3, 0.4) is 0 Å². The molecule has 0 radical (unpaired) electrons. The number of ether oxygens (including phenoxy) is 2. The minimum atomic E-state index is -0.763. The molecule has 1 amide bonds. The highest BCUT2D eigenvalue weighted by atomic mass is 35.5. The fourth-order valence-corrected chi connectivity index (χ4v) is 7.10. The van der Waals surface area contributed by atoms with Gasteiger partial charge in [-0.1, -0.05) is 0 Å². The van der Waals surface area contributed by atoms with Crippen LogP contribution in [0.2, 0.25) is 5.28 Å². The van der Waals surface area contributed by atoms with Crippen molar-refractivity contribution >= 4 is 61.6 Å². The average molecular weight is 567 g/mol. The molecule has 2 bridgehead atoms. The Labute approximate surface area is 230 Å². The summed E-state index contributed by atoms with van der Waals surface area (Å²) in [6.45, 7) is 2.71. The second-order valence-corrected chi connectivity index (χ2v) is 11.8. The van der Waals surface area contributed by atoms with E-state index in [1.807, 2.05) is 19.1 Å². The van der Waals surface area contributed by atoms with Crippen LogP contribution in [0.1, 0.15) is 41.4 Å². The first kappa shape index (κ1) is 24.4. The fourth-order valence-electron chi connectivity index (χ4n) is 5.89. The van der Waals surface area contributed by atoms with E-state index < -0.39 is 11.6 Å². The van der Waals surface area contributed by atoms with E-state index in [1.165, 1.54) is 23.7 Å². The van der Waals surface area contributed by atoms with E-state index >= 15 is 0 Å². The number of nitrogens with one attached hydrogen (secondary N) is 2. The molecule has 8 rings (SSSR count). The Morgan fingerprint density at radius 3 is 2.87 bits per heavy atom. The SMILES string of the molecule is C[C@@H]1CNc2c(sc3ccc4nc(Oc5nc(Cl)ncc5COC56CC(C5)[C@@H](C(=O)O)C6)cnc4c23)C(=O)N1. The van der Waals surface area contributed by atoms with Crippen molar-refractivity contribution in [3.8, 4) is 11.8 Å². The van der Waals surface area contributed by atoms with Crippen molar-refractivity contribution in [3.63, 3.8) is 0 Å². The van der Waals surface area contributed by atoms with Crippen LogP contribution in [0.4, 0.5) is 5.69 Å². The van der Waals surface area contributed by atoms with Crippen molar-refractivity contribution in [2.24, 2.45) is 11.8 Å². The van der Waals surface area contributed by atoms with Crippen molar-refractivity contribution in [1.29, 1.82) is 0 Å². The minimum Gasteiger partial charge on any atom is -0.481 e. The summed E-state index contributed by atoms with van der Waals surface area (Å²) in [6.07, 6.45) is 5.03. The van der Waals surface area contributed by atoms with Gasteiger partial charge in [-0.15, -0.1) is 11.3 Å². The largest absolute Gasteiger partial charge is 0.481 e. The maximum absolute atomic E-state index is 12.7. The molecular formula is C26H23ClN6O5S. The number of benzene rings is 1. The van der Waals surface area contributed by atoms with Crippen LogP contribution >= 0.6 is 22.9 Å². The van der Waals surface area contributed by atoms with Crippen LogP contribution in [0.25, 0.3) is 21.1 Å². The third kappa shape index (κ3) is 4.14. The lowest BCUT2D eigenvalue weighted by Gasteiger charge is -2.38. The fraction of sp³-hybridized carbons (Fsp3) is 0.385. The first-order valence-corrected chi connectivity index (χ1v) is 13.8. The molecule has 11 nitrogen and oxygen atoms in total. The molecule has 200 valence electrons. The Hall–Kier alpha value is -3.61. The number of amides is 1. The topological polar surface area (TPSA) is 148 Å². The van der Waals surface area contributed by atoms with E-state index in [1.54, 1.807) is 0 Å². The van der Waals surface area contributed by atoms with Gasteiger partial charge in [0.2, 0.25) is 17.0 Å². The summed E-state index contributed by atoms with van der Waals surface area (Å²) in [6, 6.07) is 3.77.